The summed E-state index contributed by atoms with van der Waals surface area (Å²) in [6.07, 6.45) is 7.79. The Morgan fingerprint density at radius 3 is 1.85 bits per heavy atom. The van der Waals surface area contributed by atoms with Crippen molar-refractivity contribution in [3.63, 3.8) is 0 Å². The van der Waals surface area contributed by atoms with Crippen LogP contribution in [0.3, 0.4) is 0 Å². The van der Waals surface area contributed by atoms with Crippen LogP contribution in [0.2, 0.25) is 0 Å². The van der Waals surface area contributed by atoms with E-state index in [1.54, 1.807) is 12.1 Å². The van der Waals surface area contributed by atoms with Gasteiger partial charge in [0, 0.05) is 6.04 Å². The summed E-state index contributed by atoms with van der Waals surface area (Å²) in [4.78, 5) is 0.391. The van der Waals surface area contributed by atoms with Gasteiger partial charge in [0.15, 0.2) is 0 Å². The van der Waals surface area contributed by atoms with E-state index in [4.69, 9.17) is 0 Å². The lowest BCUT2D eigenvalue weighted by Gasteiger charge is -2.59. The van der Waals surface area contributed by atoms with Gasteiger partial charge >= 0.3 is 0 Å². The van der Waals surface area contributed by atoms with Crippen LogP contribution in [0.5, 0.6) is 0 Å². The average molecular weight is 376 g/mol. The van der Waals surface area contributed by atoms with E-state index in [9.17, 15) is 8.42 Å². The van der Waals surface area contributed by atoms with E-state index in [1.807, 2.05) is 12.1 Å². The Labute approximate surface area is 159 Å². The average Bonchev–Trinajstić information content (AvgIpc) is 2.52. The first-order valence-corrected chi connectivity index (χ1v) is 11.7. The Balaban J connectivity index is 1.52. The zero-order chi connectivity index (χ0) is 18.7. The maximum Gasteiger partial charge on any atom is 0.240 e. The molecule has 4 fully saturated rings. The summed E-state index contributed by atoms with van der Waals surface area (Å²) in [6.45, 7) is 8.53. The summed E-state index contributed by atoms with van der Waals surface area (Å²) in [6, 6.07) is 7.43. The molecule has 0 radical (unpaired) electrons. The molecular formula is C22H33NO2S. The van der Waals surface area contributed by atoms with Crippen molar-refractivity contribution in [2.45, 2.75) is 82.6 Å². The topological polar surface area (TPSA) is 46.2 Å². The lowest BCUT2D eigenvalue weighted by molar-refractivity contribution is -0.0666. The van der Waals surface area contributed by atoms with Crippen molar-refractivity contribution < 1.29 is 8.42 Å². The molecule has 0 amide bonds. The molecule has 0 aromatic heterocycles. The Kier molecular flexibility index (Phi) is 4.31. The first kappa shape index (κ1) is 18.5. The fraction of sp³-hybridized carbons (Fsp3) is 0.727. The summed E-state index contributed by atoms with van der Waals surface area (Å²) < 4.78 is 29.0. The molecule has 4 saturated carbocycles. The standard InChI is InChI=1S/C22H33NO2S/c1-15(22-12-16-9-17(13-22)11-18(10-16)14-22)23-26(24,25)20-7-5-19(6-8-20)21(2,3)4/h5-8,15-18,23H,9-14H2,1-4H3. The number of rotatable bonds is 4. The van der Waals surface area contributed by atoms with Crippen molar-refractivity contribution in [3.8, 4) is 0 Å². The third-order valence-corrected chi connectivity index (χ3v) is 8.92. The molecule has 0 aliphatic heterocycles. The van der Waals surface area contributed by atoms with Gasteiger partial charge in [0.25, 0.3) is 0 Å². The van der Waals surface area contributed by atoms with Crippen LogP contribution >= 0.6 is 0 Å². The van der Waals surface area contributed by atoms with E-state index in [0.717, 1.165) is 23.3 Å². The van der Waals surface area contributed by atoms with Crippen LogP contribution in [0.25, 0.3) is 0 Å². The van der Waals surface area contributed by atoms with Crippen molar-refractivity contribution in [3.05, 3.63) is 29.8 Å². The van der Waals surface area contributed by atoms with Crippen molar-refractivity contribution in [2.24, 2.45) is 23.2 Å². The minimum absolute atomic E-state index is 0.0168. The molecular weight excluding hydrogens is 342 g/mol. The second-order valence-corrected chi connectivity index (χ2v) is 12.1. The molecule has 3 nitrogen and oxygen atoms in total. The van der Waals surface area contributed by atoms with Crippen molar-refractivity contribution in [1.82, 2.24) is 4.72 Å². The van der Waals surface area contributed by atoms with Gasteiger partial charge in [0.05, 0.1) is 4.90 Å². The van der Waals surface area contributed by atoms with Gasteiger partial charge in [-0.2, -0.15) is 0 Å². The van der Waals surface area contributed by atoms with E-state index in [0.29, 0.717) is 4.90 Å². The lowest BCUT2D eigenvalue weighted by Crippen LogP contribution is -2.55. The van der Waals surface area contributed by atoms with Crippen LogP contribution in [0, 0.1) is 23.2 Å². The number of hydrogen-bond acceptors (Lipinski definition) is 2. The molecule has 0 saturated heterocycles. The first-order valence-electron chi connectivity index (χ1n) is 10.2. The largest absolute Gasteiger partial charge is 0.240 e. The van der Waals surface area contributed by atoms with Crippen molar-refractivity contribution in [1.29, 1.82) is 0 Å². The highest BCUT2D eigenvalue weighted by molar-refractivity contribution is 7.89. The highest BCUT2D eigenvalue weighted by Crippen LogP contribution is 2.61. The summed E-state index contributed by atoms with van der Waals surface area (Å²) >= 11 is 0. The monoisotopic (exact) mass is 375 g/mol. The molecule has 4 aliphatic carbocycles. The van der Waals surface area contributed by atoms with Gasteiger partial charge in [-0.1, -0.05) is 32.9 Å². The SMILES string of the molecule is CC(NS(=O)(=O)c1ccc(C(C)(C)C)cc1)C12CC3CC(CC(C3)C1)C2. The Morgan fingerprint density at radius 1 is 0.962 bits per heavy atom. The molecule has 0 heterocycles. The number of hydrogen-bond donors (Lipinski definition) is 1. The Bertz CT molecular complexity index is 738. The molecule has 4 bridgehead atoms. The normalized spacial score (nSPS) is 34.8. The minimum atomic E-state index is -3.47. The molecule has 144 valence electrons. The predicted octanol–water partition coefficient (Wildman–Crippen LogP) is 4.87. The second kappa shape index (κ2) is 6.07. The molecule has 1 aromatic carbocycles. The van der Waals surface area contributed by atoms with Gasteiger partial charge in [-0.05, 0) is 91.7 Å². The number of benzene rings is 1. The molecule has 4 heteroatoms. The van der Waals surface area contributed by atoms with Gasteiger partial charge in [0.2, 0.25) is 10.0 Å². The van der Waals surface area contributed by atoms with Crippen LogP contribution in [0.1, 0.15) is 71.8 Å². The van der Waals surface area contributed by atoms with E-state index in [2.05, 4.69) is 32.4 Å². The maximum absolute atomic E-state index is 13.0. The summed E-state index contributed by atoms with van der Waals surface area (Å²) in [5.74, 6) is 2.50. The Hall–Kier alpha value is -0.870. The van der Waals surface area contributed by atoms with Crippen LogP contribution in [-0.4, -0.2) is 14.5 Å². The zero-order valence-corrected chi connectivity index (χ0v) is 17.4. The third kappa shape index (κ3) is 3.24. The van der Waals surface area contributed by atoms with Gasteiger partial charge in [-0.15, -0.1) is 0 Å². The molecule has 26 heavy (non-hydrogen) atoms. The third-order valence-electron chi connectivity index (χ3n) is 7.37. The van der Waals surface area contributed by atoms with Gasteiger partial charge < -0.3 is 0 Å². The van der Waals surface area contributed by atoms with Crippen LogP contribution in [0.4, 0.5) is 0 Å². The molecule has 4 aliphatic rings. The number of nitrogens with one attached hydrogen (secondary N) is 1. The summed E-state index contributed by atoms with van der Waals surface area (Å²) in [7, 11) is -3.47. The lowest BCUT2D eigenvalue weighted by atomic mass is 9.48. The fourth-order valence-electron chi connectivity index (χ4n) is 6.27. The molecule has 5 rings (SSSR count). The summed E-state index contributed by atoms with van der Waals surface area (Å²) in [5, 5.41) is 0. The van der Waals surface area contributed by atoms with E-state index in [1.165, 1.54) is 38.5 Å². The fourth-order valence-corrected chi connectivity index (χ4v) is 7.61. The van der Waals surface area contributed by atoms with E-state index >= 15 is 0 Å². The van der Waals surface area contributed by atoms with Crippen molar-refractivity contribution in [2.75, 3.05) is 0 Å². The number of sulfonamides is 1. The quantitative estimate of drug-likeness (QED) is 0.816. The first-order chi connectivity index (χ1) is 12.1. The molecule has 1 unspecified atom stereocenters. The van der Waals surface area contributed by atoms with Gasteiger partial charge in [0.1, 0.15) is 0 Å². The zero-order valence-electron chi connectivity index (χ0n) is 16.6. The molecule has 1 aromatic rings. The van der Waals surface area contributed by atoms with Crippen molar-refractivity contribution >= 4 is 10.0 Å². The second-order valence-electron chi connectivity index (χ2n) is 10.4. The van der Waals surface area contributed by atoms with Gasteiger partial charge in [-0.25, -0.2) is 13.1 Å². The smallest absolute Gasteiger partial charge is 0.208 e. The highest BCUT2D eigenvalue weighted by atomic mass is 32.2. The van der Waals surface area contributed by atoms with Gasteiger partial charge in [-0.3, -0.25) is 0 Å². The van der Waals surface area contributed by atoms with E-state index < -0.39 is 10.0 Å². The van der Waals surface area contributed by atoms with E-state index in [-0.39, 0.29) is 16.9 Å². The van der Waals surface area contributed by atoms with Crippen LogP contribution < -0.4 is 4.72 Å². The molecule has 0 spiro atoms. The van der Waals surface area contributed by atoms with Crippen LogP contribution in [0.15, 0.2) is 29.2 Å². The van der Waals surface area contributed by atoms with Crippen LogP contribution in [-0.2, 0) is 15.4 Å². The molecule has 1 N–H and O–H groups in total. The molecule has 1 atom stereocenters. The Morgan fingerprint density at radius 2 is 1.42 bits per heavy atom. The summed E-state index contributed by atoms with van der Waals surface area (Å²) in [5.41, 5.74) is 1.38. The predicted molar refractivity (Wildman–Crippen MR) is 106 cm³/mol. The minimum Gasteiger partial charge on any atom is -0.208 e. The highest BCUT2D eigenvalue weighted by Gasteiger charge is 2.53. The maximum atomic E-state index is 13.0.